The Balaban J connectivity index is 1.82. The van der Waals surface area contributed by atoms with Crippen LogP contribution in [0.3, 0.4) is 0 Å². The molecule has 0 saturated heterocycles. The fraction of sp³-hybridized carbons (Fsp3) is 0.250. The number of ether oxygens (including phenoxy) is 1. The van der Waals surface area contributed by atoms with Gasteiger partial charge in [-0.3, -0.25) is 5.01 Å². The Morgan fingerprint density at radius 2 is 1.81 bits per heavy atom. The number of nitrogens with zero attached hydrogens (tertiary/aromatic N) is 4. The van der Waals surface area contributed by atoms with Crippen molar-refractivity contribution in [3.63, 3.8) is 0 Å². The van der Waals surface area contributed by atoms with Crippen LogP contribution >= 0.6 is 0 Å². The summed E-state index contributed by atoms with van der Waals surface area (Å²) >= 11 is 0. The zero-order valence-corrected chi connectivity index (χ0v) is 19.8. The number of carboxylic acids is 1. The van der Waals surface area contributed by atoms with Crippen molar-refractivity contribution < 1.29 is 27.8 Å². The number of anilines is 3. The molecule has 36 heavy (non-hydrogen) atoms. The summed E-state index contributed by atoms with van der Waals surface area (Å²) in [7, 11) is 1.29. The van der Waals surface area contributed by atoms with Crippen molar-refractivity contribution in [2.24, 2.45) is 0 Å². The lowest BCUT2D eigenvalue weighted by atomic mass is 10.1. The monoisotopic (exact) mass is 500 g/mol. The number of alkyl halides is 3. The molecule has 1 aliphatic rings. The SMILES string of the molecule is COc1ncc(-c2cnc(Nc3cc(C)cc(C)c3)nc2N2NC(C(F)(F)F)C=C2C)cc1C(=O)O. The highest BCUT2D eigenvalue weighted by Gasteiger charge is 2.43. The average Bonchev–Trinajstić information content (AvgIpc) is 3.20. The topological polar surface area (TPSA) is 113 Å². The van der Waals surface area contributed by atoms with Crippen LogP contribution in [0.5, 0.6) is 5.88 Å². The Kier molecular flexibility index (Phi) is 6.55. The molecule has 0 saturated carbocycles. The summed E-state index contributed by atoms with van der Waals surface area (Å²) in [4.78, 5) is 24.6. The van der Waals surface area contributed by atoms with Gasteiger partial charge in [-0.05, 0) is 56.2 Å². The maximum Gasteiger partial charge on any atom is 0.409 e. The number of hydrogen-bond acceptors (Lipinski definition) is 8. The van der Waals surface area contributed by atoms with Crippen molar-refractivity contribution in [3.8, 4) is 17.0 Å². The minimum absolute atomic E-state index is 0.0840. The van der Waals surface area contributed by atoms with Crippen LogP contribution in [0.15, 0.2) is 48.4 Å². The molecule has 1 atom stereocenters. The first-order valence-corrected chi connectivity index (χ1v) is 10.8. The fourth-order valence-corrected chi connectivity index (χ4v) is 3.89. The predicted molar refractivity (Wildman–Crippen MR) is 127 cm³/mol. The zero-order chi connectivity index (χ0) is 26.2. The normalized spacial score (nSPS) is 15.6. The van der Waals surface area contributed by atoms with Crippen LogP contribution in [0, 0.1) is 13.8 Å². The molecule has 9 nitrogen and oxygen atoms in total. The number of hydrogen-bond donors (Lipinski definition) is 3. The van der Waals surface area contributed by atoms with E-state index in [1.807, 2.05) is 32.0 Å². The summed E-state index contributed by atoms with van der Waals surface area (Å²) < 4.78 is 45.3. The van der Waals surface area contributed by atoms with Gasteiger partial charge in [-0.15, -0.1) is 0 Å². The van der Waals surface area contributed by atoms with Crippen molar-refractivity contribution in [2.75, 3.05) is 17.4 Å². The average molecular weight is 500 g/mol. The number of allylic oxidation sites excluding steroid dienone is 1. The molecule has 0 fully saturated rings. The Labute approximate surface area is 204 Å². The lowest BCUT2D eigenvalue weighted by Crippen LogP contribution is -2.45. The molecule has 0 aliphatic carbocycles. The second-order valence-electron chi connectivity index (χ2n) is 8.31. The Morgan fingerprint density at radius 1 is 1.11 bits per heavy atom. The molecule has 1 unspecified atom stereocenters. The maximum atomic E-state index is 13.4. The summed E-state index contributed by atoms with van der Waals surface area (Å²) in [5.74, 6) is -1.15. The van der Waals surface area contributed by atoms with Gasteiger partial charge >= 0.3 is 12.1 Å². The summed E-state index contributed by atoms with van der Waals surface area (Å²) in [6.07, 6.45) is -0.738. The van der Waals surface area contributed by atoms with Crippen LogP contribution in [-0.2, 0) is 0 Å². The van der Waals surface area contributed by atoms with Gasteiger partial charge in [0.25, 0.3) is 0 Å². The first kappa shape index (κ1) is 24.9. The molecule has 3 heterocycles. The Morgan fingerprint density at radius 3 is 2.39 bits per heavy atom. The third-order valence-corrected chi connectivity index (χ3v) is 5.43. The summed E-state index contributed by atoms with van der Waals surface area (Å²) in [6, 6.07) is 5.16. The Hall–Kier alpha value is -4.19. The van der Waals surface area contributed by atoms with E-state index in [1.54, 1.807) is 0 Å². The smallest absolute Gasteiger partial charge is 0.409 e. The van der Waals surface area contributed by atoms with Gasteiger partial charge in [0.2, 0.25) is 11.8 Å². The van der Waals surface area contributed by atoms with Crippen LogP contribution in [0.2, 0.25) is 0 Å². The standard InChI is InChI=1S/C24H23F3N6O3/c1-12-5-13(2)7-16(6-12)30-23-29-11-18(15-9-17(22(34)35)21(36-4)28-10-15)20(31-23)33-14(3)8-19(32-33)24(25,26)27/h5-11,19,32H,1-4H3,(H,34,35)(H,29,30,31). The predicted octanol–water partition coefficient (Wildman–Crippen LogP) is 4.77. The van der Waals surface area contributed by atoms with Crippen molar-refractivity contribution in [3.05, 3.63) is 65.1 Å². The number of aromatic carboxylic acids is 1. The molecule has 1 aromatic carbocycles. The summed E-state index contributed by atoms with van der Waals surface area (Å²) in [5.41, 5.74) is 5.73. The number of benzene rings is 1. The van der Waals surface area contributed by atoms with E-state index in [0.29, 0.717) is 5.69 Å². The van der Waals surface area contributed by atoms with Crippen molar-refractivity contribution in [2.45, 2.75) is 33.0 Å². The van der Waals surface area contributed by atoms with Crippen LogP contribution < -0.4 is 20.5 Å². The fourth-order valence-electron chi connectivity index (χ4n) is 3.89. The van der Waals surface area contributed by atoms with E-state index in [9.17, 15) is 23.1 Å². The molecule has 4 rings (SSSR count). The molecule has 0 radical (unpaired) electrons. The molecule has 0 amide bonds. The lowest BCUT2D eigenvalue weighted by Gasteiger charge is -2.25. The molecule has 12 heteroatoms. The zero-order valence-electron chi connectivity index (χ0n) is 19.8. The first-order chi connectivity index (χ1) is 17.0. The number of aromatic nitrogens is 3. The number of methoxy groups -OCH3 is 1. The molecule has 3 aromatic rings. The third kappa shape index (κ3) is 5.08. The molecular formula is C24H23F3N6O3. The largest absolute Gasteiger partial charge is 0.480 e. The van der Waals surface area contributed by atoms with Gasteiger partial charge in [-0.1, -0.05) is 6.07 Å². The summed E-state index contributed by atoms with van der Waals surface area (Å²) in [6.45, 7) is 5.38. The minimum atomic E-state index is -4.53. The maximum absolute atomic E-state index is 13.4. The number of halogens is 3. The molecule has 2 aromatic heterocycles. The van der Waals surface area contributed by atoms with E-state index in [1.165, 1.54) is 37.5 Å². The van der Waals surface area contributed by atoms with Crippen molar-refractivity contribution in [1.82, 2.24) is 20.4 Å². The lowest BCUT2D eigenvalue weighted by molar-refractivity contribution is -0.142. The third-order valence-electron chi connectivity index (χ3n) is 5.43. The van der Waals surface area contributed by atoms with Gasteiger partial charge < -0.3 is 15.2 Å². The van der Waals surface area contributed by atoms with E-state index < -0.39 is 18.2 Å². The van der Waals surface area contributed by atoms with E-state index in [4.69, 9.17) is 4.74 Å². The highest BCUT2D eigenvalue weighted by Crippen LogP contribution is 2.36. The molecule has 0 bridgehead atoms. The highest BCUT2D eigenvalue weighted by atomic mass is 19.4. The summed E-state index contributed by atoms with van der Waals surface area (Å²) in [5, 5.41) is 13.8. The van der Waals surface area contributed by atoms with E-state index in [0.717, 1.165) is 17.2 Å². The molecular weight excluding hydrogens is 477 g/mol. The van der Waals surface area contributed by atoms with E-state index in [-0.39, 0.29) is 40.0 Å². The number of hydrazine groups is 1. The van der Waals surface area contributed by atoms with Crippen molar-refractivity contribution >= 4 is 23.4 Å². The second-order valence-corrected chi connectivity index (χ2v) is 8.31. The number of carbonyl (C=O) groups is 1. The number of nitrogens with one attached hydrogen (secondary N) is 2. The molecule has 1 aliphatic heterocycles. The molecule has 0 spiro atoms. The Bertz CT molecular complexity index is 1340. The minimum Gasteiger partial charge on any atom is -0.480 e. The van der Waals surface area contributed by atoms with Crippen LogP contribution in [0.4, 0.5) is 30.6 Å². The van der Waals surface area contributed by atoms with Gasteiger partial charge in [0.05, 0.1) is 7.11 Å². The van der Waals surface area contributed by atoms with E-state index in [2.05, 4.69) is 25.7 Å². The van der Waals surface area contributed by atoms with Crippen LogP contribution in [0.1, 0.15) is 28.4 Å². The van der Waals surface area contributed by atoms with Crippen LogP contribution in [-0.4, -0.2) is 45.4 Å². The van der Waals surface area contributed by atoms with Gasteiger partial charge in [0, 0.05) is 34.9 Å². The van der Waals surface area contributed by atoms with Gasteiger partial charge in [-0.25, -0.2) is 20.2 Å². The number of rotatable bonds is 6. The second kappa shape index (κ2) is 9.46. The quantitative estimate of drug-likeness (QED) is 0.441. The van der Waals surface area contributed by atoms with Gasteiger partial charge in [0.1, 0.15) is 11.6 Å². The number of pyridine rings is 1. The van der Waals surface area contributed by atoms with E-state index >= 15 is 0 Å². The van der Waals surface area contributed by atoms with Gasteiger partial charge in [0.15, 0.2) is 5.82 Å². The molecule has 3 N–H and O–H groups in total. The molecule has 188 valence electrons. The van der Waals surface area contributed by atoms with Crippen LogP contribution in [0.25, 0.3) is 11.1 Å². The number of aryl methyl sites for hydroxylation is 2. The highest BCUT2D eigenvalue weighted by molar-refractivity contribution is 5.92. The van der Waals surface area contributed by atoms with Crippen molar-refractivity contribution in [1.29, 1.82) is 0 Å². The van der Waals surface area contributed by atoms with Gasteiger partial charge in [-0.2, -0.15) is 18.2 Å². The first-order valence-electron chi connectivity index (χ1n) is 10.8. The number of carboxylic acid groups (broad SMARTS) is 1.